The molecular weight excluding hydrogens is 267 g/mol. The zero-order chi connectivity index (χ0) is 13.3. The second kappa shape index (κ2) is 4.65. The fraction of sp³-hybridized carbons (Fsp3) is 0.444. The van der Waals surface area contributed by atoms with Crippen molar-refractivity contribution in [3.8, 4) is 10.7 Å². The topological polar surface area (TPSA) is 80.5 Å². The number of H-pyrrole nitrogens is 1. The van der Waals surface area contributed by atoms with E-state index in [0.717, 1.165) is 5.01 Å². The van der Waals surface area contributed by atoms with E-state index in [-0.39, 0.29) is 5.82 Å². The van der Waals surface area contributed by atoms with Crippen molar-refractivity contribution < 1.29 is 13.2 Å². The van der Waals surface area contributed by atoms with Gasteiger partial charge in [-0.15, -0.1) is 11.3 Å². The maximum absolute atomic E-state index is 12.4. The van der Waals surface area contributed by atoms with Gasteiger partial charge < -0.3 is 5.73 Å². The van der Waals surface area contributed by atoms with Crippen LogP contribution in [0.4, 0.5) is 13.2 Å². The molecule has 0 amide bonds. The smallest absolute Gasteiger partial charge is 0.330 e. The lowest BCUT2D eigenvalue weighted by atomic mass is 10.4. The lowest BCUT2D eigenvalue weighted by molar-refractivity contribution is -0.144. The molecule has 0 aliphatic heterocycles. The Bertz CT molecular complexity index is 545. The summed E-state index contributed by atoms with van der Waals surface area (Å²) in [5, 5.41) is 6.22. The lowest BCUT2D eigenvalue weighted by Crippen LogP contribution is -2.07. The van der Waals surface area contributed by atoms with Crippen molar-refractivity contribution in [1.29, 1.82) is 0 Å². The number of halogens is 3. The van der Waals surface area contributed by atoms with E-state index in [9.17, 15) is 13.2 Å². The lowest BCUT2D eigenvalue weighted by Gasteiger charge is -1.98. The molecule has 0 saturated carbocycles. The van der Waals surface area contributed by atoms with Crippen LogP contribution in [0.1, 0.15) is 16.5 Å². The summed E-state index contributed by atoms with van der Waals surface area (Å²) in [6.07, 6.45) is -3.94. The summed E-state index contributed by atoms with van der Waals surface area (Å²) in [5.41, 5.74) is 6.01. The van der Waals surface area contributed by atoms with Crippen LogP contribution in [0.3, 0.4) is 0 Å². The molecule has 2 heterocycles. The van der Waals surface area contributed by atoms with Gasteiger partial charge in [0.05, 0.1) is 15.6 Å². The van der Waals surface area contributed by atoms with Crippen LogP contribution in [0.15, 0.2) is 0 Å². The van der Waals surface area contributed by atoms with Gasteiger partial charge in [-0.3, -0.25) is 5.10 Å². The standard InChI is InChI=1S/C9H10F3N5S/c1-4-6(18-5(14-4)2-3-13)7-15-8(17-16-7)9(10,11)12/h2-3,13H2,1H3,(H,15,16,17). The third kappa shape index (κ3) is 2.51. The molecule has 0 unspecified atom stereocenters. The maximum Gasteiger partial charge on any atom is 0.451 e. The number of aromatic amines is 1. The summed E-state index contributed by atoms with van der Waals surface area (Å²) in [5.74, 6) is -1.09. The summed E-state index contributed by atoms with van der Waals surface area (Å²) in [7, 11) is 0. The number of alkyl halides is 3. The number of hydrogen-bond donors (Lipinski definition) is 2. The minimum atomic E-state index is -4.52. The largest absolute Gasteiger partial charge is 0.451 e. The summed E-state index contributed by atoms with van der Waals surface area (Å²) in [4.78, 5) is 8.18. The second-order valence-corrected chi connectivity index (χ2v) is 4.65. The number of hydrogen-bond acceptors (Lipinski definition) is 5. The van der Waals surface area contributed by atoms with Gasteiger partial charge in [-0.25, -0.2) is 9.97 Å². The van der Waals surface area contributed by atoms with Gasteiger partial charge in [-0.05, 0) is 13.5 Å². The number of aryl methyl sites for hydroxylation is 1. The van der Waals surface area contributed by atoms with Crippen molar-refractivity contribution in [3.05, 3.63) is 16.5 Å². The van der Waals surface area contributed by atoms with Crippen LogP contribution in [-0.2, 0) is 12.6 Å². The molecule has 0 saturated heterocycles. The van der Waals surface area contributed by atoms with Crippen LogP contribution in [-0.4, -0.2) is 26.7 Å². The molecule has 2 rings (SSSR count). The van der Waals surface area contributed by atoms with Crippen molar-refractivity contribution >= 4 is 11.3 Å². The molecule has 9 heteroatoms. The molecule has 18 heavy (non-hydrogen) atoms. The Morgan fingerprint density at radius 3 is 2.61 bits per heavy atom. The Morgan fingerprint density at radius 1 is 1.33 bits per heavy atom. The Labute approximate surface area is 104 Å². The number of nitrogens with two attached hydrogens (primary N) is 1. The van der Waals surface area contributed by atoms with Crippen LogP contribution < -0.4 is 5.73 Å². The van der Waals surface area contributed by atoms with E-state index in [1.165, 1.54) is 11.3 Å². The highest BCUT2D eigenvalue weighted by Gasteiger charge is 2.35. The molecule has 0 aromatic carbocycles. The molecule has 5 nitrogen and oxygen atoms in total. The minimum Gasteiger partial charge on any atom is -0.330 e. The van der Waals surface area contributed by atoms with Gasteiger partial charge in [0.15, 0.2) is 5.82 Å². The van der Waals surface area contributed by atoms with Crippen molar-refractivity contribution in [1.82, 2.24) is 20.2 Å². The quantitative estimate of drug-likeness (QED) is 0.895. The summed E-state index contributed by atoms with van der Waals surface area (Å²) >= 11 is 1.26. The number of thiazole rings is 1. The normalized spacial score (nSPS) is 12.1. The number of rotatable bonds is 3. The van der Waals surface area contributed by atoms with Crippen LogP contribution in [0.5, 0.6) is 0 Å². The van der Waals surface area contributed by atoms with Crippen molar-refractivity contribution in [2.24, 2.45) is 5.73 Å². The van der Waals surface area contributed by atoms with Crippen LogP contribution >= 0.6 is 11.3 Å². The molecule has 0 fully saturated rings. The average molecular weight is 277 g/mol. The first-order valence-electron chi connectivity index (χ1n) is 5.08. The molecule has 0 atom stereocenters. The van der Waals surface area contributed by atoms with Gasteiger partial charge in [-0.1, -0.05) is 0 Å². The fourth-order valence-corrected chi connectivity index (χ4v) is 2.39. The van der Waals surface area contributed by atoms with E-state index >= 15 is 0 Å². The molecule has 0 bridgehead atoms. The van der Waals surface area contributed by atoms with E-state index < -0.39 is 12.0 Å². The highest BCUT2D eigenvalue weighted by Crippen LogP contribution is 2.31. The third-order valence-corrected chi connectivity index (χ3v) is 3.37. The van der Waals surface area contributed by atoms with E-state index in [4.69, 9.17) is 5.73 Å². The molecular formula is C9H10F3N5S. The van der Waals surface area contributed by atoms with Crippen LogP contribution in [0, 0.1) is 6.92 Å². The van der Waals surface area contributed by atoms with E-state index in [0.29, 0.717) is 23.5 Å². The van der Waals surface area contributed by atoms with Gasteiger partial charge in [0, 0.05) is 6.42 Å². The van der Waals surface area contributed by atoms with Gasteiger partial charge in [-0.2, -0.15) is 18.3 Å². The van der Waals surface area contributed by atoms with Crippen LogP contribution in [0.2, 0.25) is 0 Å². The van der Waals surface area contributed by atoms with Gasteiger partial charge in [0.1, 0.15) is 0 Å². The third-order valence-electron chi connectivity index (χ3n) is 2.16. The molecule has 0 spiro atoms. The first-order chi connectivity index (χ1) is 8.41. The SMILES string of the molecule is Cc1nc(CCN)sc1-c1n[nH]c(C(F)(F)F)n1. The van der Waals surface area contributed by atoms with Crippen molar-refractivity contribution in [3.63, 3.8) is 0 Å². The zero-order valence-corrected chi connectivity index (χ0v) is 10.2. The number of nitrogens with zero attached hydrogens (tertiary/aromatic N) is 3. The molecule has 3 N–H and O–H groups in total. The molecule has 0 aliphatic rings. The zero-order valence-electron chi connectivity index (χ0n) is 9.38. The average Bonchev–Trinajstić information content (AvgIpc) is 2.84. The second-order valence-electron chi connectivity index (χ2n) is 3.57. The predicted octanol–water partition coefficient (Wildman–Crippen LogP) is 1.76. The van der Waals surface area contributed by atoms with Crippen molar-refractivity contribution in [2.75, 3.05) is 6.54 Å². The maximum atomic E-state index is 12.4. The first-order valence-corrected chi connectivity index (χ1v) is 5.90. The van der Waals surface area contributed by atoms with Gasteiger partial charge in [0.2, 0.25) is 5.82 Å². The van der Waals surface area contributed by atoms with E-state index in [1.807, 2.05) is 5.10 Å². The van der Waals surface area contributed by atoms with Gasteiger partial charge in [0.25, 0.3) is 0 Å². The number of nitrogens with one attached hydrogen (secondary N) is 1. The Kier molecular flexibility index (Phi) is 3.35. The Morgan fingerprint density at radius 2 is 2.06 bits per heavy atom. The monoisotopic (exact) mass is 277 g/mol. The molecule has 2 aromatic rings. The highest BCUT2D eigenvalue weighted by molar-refractivity contribution is 7.15. The van der Waals surface area contributed by atoms with Gasteiger partial charge >= 0.3 is 6.18 Å². The Balaban J connectivity index is 2.34. The summed E-state index contributed by atoms with van der Waals surface area (Å²) in [6, 6.07) is 0. The first kappa shape index (κ1) is 13.0. The molecule has 0 radical (unpaired) electrons. The van der Waals surface area contributed by atoms with E-state index in [2.05, 4.69) is 15.1 Å². The fourth-order valence-electron chi connectivity index (χ4n) is 1.38. The molecule has 2 aromatic heterocycles. The van der Waals surface area contributed by atoms with Crippen molar-refractivity contribution in [2.45, 2.75) is 19.5 Å². The molecule has 0 aliphatic carbocycles. The van der Waals surface area contributed by atoms with Crippen LogP contribution in [0.25, 0.3) is 10.7 Å². The summed E-state index contributed by atoms with van der Waals surface area (Å²) < 4.78 is 37.1. The Hall–Kier alpha value is -1.48. The van der Waals surface area contributed by atoms with E-state index in [1.54, 1.807) is 6.92 Å². The number of aromatic nitrogens is 4. The molecule has 98 valence electrons. The summed E-state index contributed by atoms with van der Waals surface area (Å²) in [6.45, 7) is 2.14. The predicted molar refractivity (Wildman–Crippen MR) is 60.0 cm³/mol. The minimum absolute atomic E-state index is 0.0144. The highest BCUT2D eigenvalue weighted by atomic mass is 32.1.